The number of carbonyl (C=O) groups excluding carboxylic acids is 1. The average molecular weight is 667 g/mol. The maximum Gasteiger partial charge on any atom is 0.346 e. The molecule has 2 heterocycles. The Hall–Kier alpha value is -4.39. The highest BCUT2D eigenvalue weighted by Gasteiger charge is 2.21. The van der Waals surface area contributed by atoms with Crippen molar-refractivity contribution in [1.82, 2.24) is 9.66 Å². The SMILES string of the molecule is CCOc1cc(C=Nn2c(-c3cc4c(OC)cccc4o3)nc3ccccc3c2=O)cc(I)c1O[C@H](C)C(=O)OC. The lowest BCUT2D eigenvalue weighted by Crippen LogP contribution is -2.25. The van der Waals surface area contributed by atoms with Gasteiger partial charge in [0.2, 0.25) is 5.82 Å². The molecule has 11 heteroatoms. The van der Waals surface area contributed by atoms with Gasteiger partial charge in [-0.05, 0) is 84.5 Å². The third-order valence-corrected chi connectivity index (χ3v) is 7.00. The number of rotatable bonds is 9. The molecule has 0 bridgehead atoms. The van der Waals surface area contributed by atoms with E-state index in [9.17, 15) is 9.59 Å². The molecule has 0 spiro atoms. The first kappa shape index (κ1) is 28.1. The molecule has 0 aliphatic rings. The second kappa shape index (κ2) is 12.0. The van der Waals surface area contributed by atoms with Crippen molar-refractivity contribution in [3.63, 3.8) is 0 Å². The van der Waals surface area contributed by atoms with Gasteiger partial charge < -0.3 is 23.4 Å². The van der Waals surface area contributed by atoms with Crippen LogP contribution < -0.4 is 19.8 Å². The van der Waals surface area contributed by atoms with Gasteiger partial charge in [0.1, 0.15) is 11.3 Å². The van der Waals surface area contributed by atoms with Crippen LogP contribution in [0.2, 0.25) is 0 Å². The fourth-order valence-electron chi connectivity index (χ4n) is 4.27. The van der Waals surface area contributed by atoms with Gasteiger partial charge in [-0.2, -0.15) is 9.78 Å². The third kappa shape index (κ3) is 5.62. The van der Waals surface area contributed by atoms with Gasteiger partial charge in [-0.3, -0.25) is 4.79 Å². The predicted molar refractivity (Wildman–Crippen MR) is 163 cm³/mol. The number of ether oxygens (including phenoxy) is 4. The standard InChI is InChI=1S/C30H26IN3O7/c1-5-39-25-14-18(13-21(31)27(25)40-17(2)30(36)38-4)16-32-34-28(33-22-10-7-6-9-19(22)29(34)35)26-15-20-23(37-3)11-8-12-24(20)41-26/h6-17H,5H2,1-4H3/t17-/m1/s1. The number of hydrogen-bond donors (Lipinski definition) is 0. The Morgan fingerprint density at radius 2 is 1.90 bits per heavy atom. The minimum atomic E-state index is -0.834. The van der Waals surface area contributed by atoms with Gasteiger partial charge >= 0.3 is 5.97 Å². The third-order valence-electron chi connectivity index (χ3n) is 6.20. The molecule has 3 aromatic carbocycles. The highest BCUT2D eigenvalue weighted by molar-refractivity contribution is 14.1. The second-order valence-electron chi connectivity index (χ2n) is 8.84. The largest absolute Gasteiger partial charge is 0.496 e. The number of carbonyl (C=O) groups is 1. The number of benzene rings is 3. The van der Waals surface area contributed by atoms with Crippen LogP contribution in [-0.4, -0.2) is 48.8 Å². The number of methoxy groups -OCH3 is 2. The van der Waals surface area contributed by atoms with Crippen molar-refractivity contribution in [2.45, 2.75) is 20.0 Å². The molecule has 0 aliphatic carbocycles. The normalized spacial score (nSPS) is 12.1. The van der Waals surface area contributed by atoms with Gasteiger partial charge in [-0.25, -0.2) is 9.78 Å². The molecule has 10 nitrogen and oxygen atoms in total. The Labute approximate surface area is 248 Å². The molecule has 1 atom stereocenters. The molecule has 0 unspecified atom stereocenters. The van der Waals surface area contributed by atoms with Gasteiger partial charge in [0.05, 0.1) is 46.9 Å². The lowest BCUT2D eigenvalue weighted by atomic mass is 10.2. The quantitative estimate of drug-likeness (QED) is 0.113. The van der Waals surface area contributed by atoms with Crippen molar-refractivity contribution in [3.8, 4) is 28.8 Å². The van der Waals surface area contributed by atoms with E-state index in [1.54, 1.807) is 50.4 Å². The Morgan fingerprint density at radius 3 is 2.66 bits per heavy atom. The molecule has 210 valence electrons. The number of halogens is 1. The highest BCUT2D eigenvalue weighted by atomic mass is 127. The fourth-order valence-corrected chi connectivity index (χ4v) is 5.02. The summed E-state index contributed by atoms with van der Waals surface area (Å²) in [5.74, 6) is 1.55. The van der Waals surface area contributed by atoms with Gasteiger partial charge in [0.15, 0.2) is 23.4 Å². The van der Waals surface area contributed by atoms with E-state index in [1.165, 1.54) is 18.0 Å². The lowest BCUT2D eigenvalue weighted by Gasteiger charge is -2.17. The Kier molecular flexibility index (Phi) is 8.24. The summed E-state index contributed by atoms with van der Waals surface area (Å²) < 4.78 is 29.9. The molecular formula is C30H26IN3O7. The van der Waals surface area contributed by atoms with Crippen LogP contribution in [-0.2, 0) is 9.53 Å². The molecule has 0 N–H and O–H groups in total. The Bertz CT molecular complexity index is 1840. The van der Waals surface area contributed by atoms with E-state index in [4.69, 9.17) is 28.3 Å². The summed E-state index contributed by atoms with van der Waals surface area (Å²) in [6, 6.07) is 17.8. The molecule has 0 saturated carbocycles. The van der Waals surface area contributed by atoms with Crippen molar-refractivity contribution in [3.05, 3.63) is 80.2 Å². The van der Waals surface area contributed by atoms with Crippen LogP contribution in [0, 0.1) is 3.57 Å². The van der Waals surface area contributed by atoms with Crippen molar-refractivity contribution < 1.29 is 28.2 Å². The van der Waals surface area contributed by atoms with Crippen LogP contribution in [0.5, 0.6) is 17.2 Å². The summed E-state index contributed by atoms with van der Waals surface area (Å²) >= 11 is 2.10. The number of furan rings is 1. The molecule has 0 radical (unpaired) electrons. The molecule has 5 rings (SSSR count). The minimum Gasteiger partial charge on any atom is -0.496 e. The van der Waals surface area contributed by atoms with Crippen molar-refractivity contribution >= 4 is 56.6 Å². The van der Waals surface area contributed by atoms with Gasteiger partial charge in [0.25, 0.3) is 5.56 Å². The van der Waals surface area contributed by atoms with Crippen LogP contribution in [0.3, 0.4) is 0 Å². The molecule has 0 fully saturated rings. The number of hydrogen-bond acceptors (Lipinski definition) is 9. The molecule has 0 saturated heterocycles. The lowest BCUT2D eigenvalue weighted by molar-refractivity contribution is -0.148. The summed E-state index contributed by atoms with van der Waals surface area (Å²) in [6.07, 6.45) is 0.697. The maximum atomic E-state index is 13.6. The molecule has 41 heavy (non-hydrogen) atoms. The predicted octanol–water partition coefficient (Wildman–Crippen LogP) is 5.64. The first-order valence-electron chi connectivity index (χ1n) is 12.7. The van der Waals surface area contributed by atoms with Crippen LogP contribution in [0.25, 0.3) is 33.5 Å². The van der Waals surface area contributed by atoms with Gasteiger partial charge in [0, 0.05) is 0 Å². The van der Waals surface area contributed by atoms with Crippen LogP contribution in [0.1, 0.15) is 19.4 Å². The number of aromatic nitrogens is 2. The molecule has 0 aliphatic heterocycles. The van der Waals surface area contributed by atoms with E-state index in [1.807, 2.05) is 31.2 Å². The summed E-state index contributed by atoms with van der Waals surface area (Å²) in [7, 11) is 2.89. The van der Waals surface area contributed by atoms with Crippen LogP contribution >= 0.6 is 22.6 Å². The molecule has 2 aromatic heterocycles. The van der Waals surface area contributed by atoms with E-state index in [0.29, 0.717) is 55.2 Å². The smallest absolute Gasteiger partial charge is 0.346 e. The average Bonchev–Trinajstić information content (AvgIpc) is 3.42. The Morgan fingerprint density at radius 1 is 1.10 bits per heavy atom. The zero-order valence-electron chi connectivity index (χ0n) is 22.7. The van der Waals surface area contributed by atoms with E-state index in [-0.39, 0.29) is 11.4 Å². The van der Waals surface area contributed by atoms with E-state index < -0.39 is 12.1 Å². The number of esters is 1. The van der Waals surface area contributed by atoms with E-state index in [2.05, 4.69) is 27.7 Å². The summed E-state index contributed by atoms with van der Waals surface area (Å²) in [5, 5.41) is 5.70. The second-order valence-corrected chi connectivity index (χ2v) is 10.0. The monoisotopic (exact) mass is 667 g/mol. The zero-order chi connectivity index (χ0) is 29.1. The van der Waals surface area contributed by atoms with Crippen LogP contribution in [0.15, 0.2) is 75.0 Å². The van der Waals surface area contributed by atoms with Gasteiger partial charge in [-0.1, -0.05) is 18.2 Å². The number of nitrogens with zero attached hydrogens (tertiary/aromatic N) is 3. The van der Waals surface area contributed by atoms with Crippen molar-refractivity contribution in [2.24, 2.45) is 5.10 Å². The molecule has 0 amide bonds. The first-order valence-corrected chi connectivity index (χ1v) is 13.8. The van der Waals surface area contributed by atoms with Crippen molar-refractivity contribution in [1.29, 1.82) is 0 Å². The van der Waals surface area contributed by atoms with E-state index >= 15 is 0 Å². The summed E-state index contributed by atoms with van der Waals surface area (Å²) in [5.41, 5.74) is 1.37. The van der Waals surface area contributed by atoms with Crippen molar-refractivity contribution in [2.75, 3.05) is 20.8 Å². The minimum absolute atomic E-state index is 0.231. The summed E-state index contributed by atoms with van der Waals surface area (Å²) in [4.78, 5) is 30.3. The van der Waals surface area contributed by atoms with Crippen LogP contribution in [0.4, 0.5) is 0 Å². The summed E-state index contributed by atoms with van der Waals surface area (Å²) in [6.45, 7) is 3.81. The molecular weight excluding hydrogens is 641 g/mol. The topological polar surface area (TPSA) is 114 Å². The zero-order valence-corrected chi connectivity index (χ0v) is 24.9. The van der Waals surface area contributed by atoms with Gasteiger partial charge in [-0.15, -0.1) is 0 Å². The number of para-hydroxylation sites is 1. The van der Waals surface area contributed by atoms with E-state index in [0.717, 1.165) is 5.39 Å². The highest BCUT2D eigenvalue weighted by Crippen LogP contribution is 2.35. The number of fused-ring (bicyclic) bond motifs is 2. The Balaban J connectivity index is 1.62. The maximum absolute atomic E-state index is 13.6. The molecule has 5 aromatic rings. The fraction of sp³-hybridized carbons (Fsp3) is 0.200. The first-order chi connectivity index (χ1) is 19.8.